The molecule has 0 saturated carbocycles. The summed E-state index contributed by atoms with van der Waals surface area (Å²) in [5.41, 5.74) is 0. The van der Waals surface area contributed by atoms with Gasteiger partial charge in [-0.15, -0.1) is 6.58 Å². The van der Waals surface area contributed by atoms with Gasteiger partial charge in [-0.25, -0.2) is 9.28 Å². The Morgan fingerprint density at radius 3 is 2.32 bits per heavy atom. The molecule has 6 nitrogen and oxygen atoms in total. The average molecular weight is 276 g/mol. The van der Waals surface area contributed by atoms with E-state index in [1.165, 1.54) is 0 Å². The van der Waals surface area contributed by atoms with Gasteiger partial charge in [0.2, 0.25) is 0 Å². The lowest BCUT2D eigenvalue weighted by Crippen LogP contribution is -2.53. The molecule has 6 heteroatoms. The monoisotopic (exact) mass is 276 g/mol. The van der Waals surface area contributed by atoms with Gasteiger partial charge in [-0.3, -0.25) is 0 Å². The predicted octanol–water partition coefficient (Wildman–Crippen LogP) is 0.898. The molecule has 0 bridgehead atoms. The van der Waals surface area contributed by atoms with Crippen LogP contribution in [0.4, 0.5) is 0 Å². The second-order valence-corrected chi connectivity index (χ2v) is 4.71. The number of aliphatic carboxylic acids is 1. The molecular formula is C13H26NO5+. The maximum absolute atomic E-state index is 10.7. The van der Waals surface area contributed by atoms with Gasteiger partial charge >= 0.3 is 5.97 Å². The van der Waals surface area contributed by atoms with Crippen molar-refractivity contribution in [3.63, 3.8) is 0 Å². The minimum Gasteiger partial charge on any atom is -0.477 e. The number of aliphatic hydroxyl groups excluding tert-OH is 2. The first kappa shape index (κ1) is 18.0. The Hall–Kier alpha value is -0.950. The number of rotatable bonds is 13. The highest BCUT2D eigenvalue weighted by Crippen LogP contribution is 2.07. The van der Waals surface area contributed by atoms with E-state index in [1.54, 1.807) is 0 Å². The van der Waals surface area contributed by atoms with Crippen LogP contribution in [0.25, 0.3) is 0 Å². The molecule has 0 radical (unpaired) electrons. The molecule has 0 aliphatic carbocycles. The number of carboxylic acid groups (broad SMARTS) is 1. The van der Waals surface area contributed by atoms with Crippen molar-refractivity contribution in [2.75, 3.05) is 33.3 Å². The van der Waals surface area contributed by atoms with Crippen molar-refractivity contribution in [1.29, 1.82) is 0 Å². The number of quaternary nitrogens is 1. The number of ether oxygens (including phenoxy) is 1. The molecule has 0 aromatic heterocycles. The largest absolute Gasteiger partial charge is 0.477 e. The van der Waals surface area contributed by atoms with Crippen LogP contribution >= 0.6 is 0 Å². The van der Waals surface area contributed by atoms with E-state index in [0.717, 1.165) is 32.1 Å². The minimum absolute atomic E-state index is 0.00591. The summed E-state index contributed by atoms with van der Waals surface area (Å²) in [7, 11) is 0. The lowest BCUT2D eigenvalue weighted by atomic mass is 10.1. The first-order valence-electron chi connectivity index (χ1n) is 6.57. The Bertz CT molecular complexity index is 253. The Labute approximate surface area is 114 Å². The van der Waals surface area contributed by atoms with Gasteiger partial charge in [0.25, 0.3) is 0 Å². The number of hydrogen-bond acceptors (Lipinski definition) is 4. The van der Waals surface area contributed by atoms with E-state index >= 15 is 0 Å². The highest BCUT2D eigenvalue weighted by Gasteiger charge is 2.29. The van der Waals surface area contributed by atoms with Gasteiger partial charge in [-0.1, -0.05) is 18.9 Å². The number of nitrogens with zero attached hydrogens (tertiary/aromatic N) is 1. The summed E-state index contributed by atoms with van der Waals surface area (Å²) in [6, 6.07) is 0. The molecule has 19 heavy (non-hydrogen) atoms. The van der Waals surface area contributed by atoms with Gasteiger partial charge in [0, 0.05) is 0 Å². The average Bonchev–Trinajstić information content (AvgIpc) is 2.40. The number of aliphatic hydroxyl groups is 2. The fourth-order valence-corrected chi connectivity index (χ4v) is 1.66. The van der Waals surface area contributed by atoms with Crippen molar-refractivity contribution < 1.29 is 29.3 Å². The predicted molar refractivity (Wildman–Crippen MR) is 71.0 cm³/mol. The Balaban J connectivity index is 3.75. The van der Waals surface area contributed by atoms with Crippen LogP contribution in [0.2, 0.25) is 0 Å². The Morgan fingerprint density at radius 1 is 1.16 bits per heavy atom. The van der Waals surface area contributed by atoms with E-state index in [1.807, 2.05) is 6.08 Å². The van der Waals surface area contributed by atoms with E-state index in [2.05, 4.69) is 6.58 Å². The van der Waals surface area contributed by atoms with Crippen molar-refractivity contribution in [2.24, 2.45) is 0 Å². The van der Waals surface area contributed by atoms with Crippen LogP contribution in [-0.2, 0) is 9.53 Å². The van der Waals surface area contributed by atoms with E-state index in [4.69, 9.17) is 9.84 Å². The number of hydrogen-bond donors (Lipinski definition) is 3. The third-order valence-electron chi connectivity index (χ3n) is 2.88. The maximum atomic E-state index is 10.7. The zero-order chi connectivity index (χ0) is 14.6. The molecule has 0 amide bonds. The lowest BCUT2D eigenvalue weighted by Gasteiger charge is -2.31. The zero-order valence-corrected chi connectivity index (χ0v) is 11.5. The fourth-order valence-electron chi connectivity index (χ4n) is 1.66. The summed E-state index contributed by atoms with van der Waals surface area (Å²) < 4.78 is 4.97. The lowest BCUT2D eigenvalue weighted by molar-refractivity contribution is -0.971. The molecule has 0 atom stereocenters. The summed E-state index contributed by atoms with van der Waals surface area (Å²) in [5, 5.41) is 27.1. The molecule has 3 N–H and O–H groups in total. The summed E-state index contributed by atoms with van der Waals surface area (Å²) in [5.74, 6) is -1.07. The van der Waals surface area contributed by atoms with Gasteiger partial charge in [0.15, 0.2) is 26.7 Å². The second kappa shape index (κ2) is 10.9. The smallest absolute Gasteiger partial charge is 0.359 e. The fraction of sp³-hybridized carbons (Fsp3) is 0.769. The normalized spacial score (nSPS) is 11.5. The molecule has 0 aliphatic heterocycles. The number of allylic oxidation sites excluding steroid dienone is 1. The van der Waals surface area contributed by atoms with E-state index in [-0.39, 0.29) is 17.8 Å². The van der Waals surface area contributed by atoms with Crippen molar-refractivity contribution in [3.05, 3.63) is 12.7 Å². The molecule has 0 fully saturated rings. The van der Waals surface area contributed by atoms with Gasteiger partial charge in [0.05, 0.1) is 6.61 Å². The van der Waals surface area contributed by atoms with Crippen molar-refractivity contribution in [1.82, 2.24) is 0 Å². The van der Waals surface area contributed by atoms with Crippen LogP contribution in [0.3, 0.4) is 0 Å². The molecular weight excluding hydrogens is 250 g/mol. The van der Waals surface area contributed by atoms with Gasteiger partial charge < -0.3 is 20.1 Å². The molecule has 0 spiro atoms. The van der Waals surface area contributed by atoms with E-state index in [0.29, 0.717) is 6.61 Å². The number of carbonyl (C=O) groups is 1. The summed E-state index contributed by atoms with van der Waals surface area (Å²) in [6.45, 7) is 2.90. The van der Waals surface area contributed by atoms with Crippen LogP contribution in [-0.4, -0.2) is 59.1 Å². The van der Waals surface area contributed by atoms with Crippen molar-refractivity contribution in [2.45, 2.75) is 32.1 Å². The van der Waals surface area contributed by atoms with Crippen LogP contribution in [0, 0.1) is 0 Å². The third kappa shape index (κ3) is 8.72. The van der Waals surface area contributed by atoms with Gasteiger partial charge in [0.1, 0.15) is 0 Å². The molecule has 0 saturated heterocycles. The SMILES string of the molecule is C=CCCCCCCOC[N+](CO)(CO)CC(=O)O. The van der Waals surface area contributed by atoms with Crippen LogP contribution in [0.5, 0.6) is 0 Å². The van der Waals surface area contributed by atoms with Crippen LogP contribution in [0.15, 0.2) is 12.7 Å². The quantitative estimate of drug-likeness (QED) is 0.201. The Morgan fingerprint density at radius 2 is 1.79 bits per heavy atom. The van der Waals surface area contributed by atoms with Crippen LogP contribution in [0.1, 0.15) is 32.1 Å². The minimum atomic E-state index is -1.07. The standard InChI is InChI=1S/C13H25NO5/c1-2-3-4-5-6-7-8-19-12-14(10-15,11-16)9-13(17)18/h2,15-16H,1,3-12H2/p+1. The van der Waals surface area contributed by atoms with Crippen molar-refractivity contribution in [3.8, 4) is 0 Å². The maximum Gasteiger partial charge on any atom is 0.359 e. The topological polar surface area (TPSA) is 87.0 Å². The molecule has 0 unspecified atom stereocenters. The van der Waals surface area contributed by atoms with E-state index in [9.17, 15) is 15.0 Å². The molecule has 0 heterocycles. The molecule has 0 aromatic rings. The number of carboxylic acids is 1. The second-order valence-electron chi connectivity index (χ2n) is 4.71. The molecule has 0 aromatic carbocycles. The molecule has 0 rings (SSSR count). The first-order chi connectivity index (χ1) is 9.10. The zero-order valence-electron chi connectivity index (χ0n) is 11.5. The molecule has 112 valence electrons. The summed E-state index contributed by atoms with van der Waals surface area (Å²) >= 11 is 0. The molecule has 0 aliphatic rings. The van der Waals surface area contributed by atoms with Gasteiger partial charge in [-0.2, -0.15) is 0 Å². The van der Waals surface area contributed by atoms with E-state index < -0.39 is 19.4 Å². The van der Waals surface area contributed by atoms with Gasteiger partial charge in [-0.05, 0) is 19.3 Å². The number of unbranched alkanes of at least 4 members (excludes halogenated alkanes) is 4. The third-order valence-corrected chi connectivity index (χ3v) is 2.88. The highest BCUT2D eigenvalue weighted by atomic mass is 16.5. The highest BCUT2D eigenvalue weighted by molar-refractivity contribution is 5.67. The first-order valence-corrected chi connectivity index (χ1v) is 6.57. The summed E-state index contributed by atoms with van der Waals surface area (Å²) in [4.78, 5) is 10.7. The van der Waals surface area contributed by atoms with Crippen LogP contribution < -0.4 is 0 Å². The Kier molecular flexibility index (Phi) is 10.4. The van der Waals surface area contributed by atoms with Crippen molar-refractivity contribution >= 4 is 5.97 Å². The summed E-state index contributed by atoms with van der Waals surface area (Å²) in [6.07, 6.45) is 7.09.